The van der Waals surface area contributed by atoms with Crippen LogP contribution in [0.25, 0.3) is 132 Å². The molecule has 68 heavy (non-hydrogen) atoms. The van der Waals surface area contributed by atoms with Crippen molar-refractivity contribution in [1.29, 1.82) is 0 Å². The van der Waals surface area contributed by atoms with E-state index in [9.17, 15) is 0 Å². The zero-order valence-electron chi connectivity index (χ0n) is 37.1. The second kappa shape index (κ2) is 16.5. The van der Waals surface area contributed by atoms with Crippen molar-refractivity contribution in [3.8, 4) is 78.4 Å². The molecule has 0 saturated carbocycles. The van der Waals surface area contributed by atoms with Crippen molar-refractivity contribution in [1.82, 2.24) is 9.97 Å². The highest BCUT2D eigenvalue weighted by Crippen LogP contribution is 2.46. The summed E-state index contributed by atoms with van der Waals surface area (Å²) in [5.41, 5.74) is 14.5. The second-order valence-corrected chi connectivity index (χ2v) is 17.7. The molecule has 0 aliphatic carbocycles. The molecule has 0 radical (unpaired) electrons. The van der Waals surface area contributed by atoms with Gasteiger partial charge in [0, 0.05) is 16.7 Å². The molecule has 0 N–H and O–H groups in total. The summed E-state index contributed by atoms with van der Waals surface area (Å²) in [7, 11) is 0. The van der Waals surface area contributed by atoms with E-state index in [2.05, 4.69) is 243 Å². The van der Waals surface area contributed by atoms with E-state index in [-0.39, 0.29) is 0 Å². The van der Waals surface area contributed by atoms with Crippen LogP contribution in [-0.4, -0.2) is 9.97 Å². The van der Waals surface area contributed by atoms with Crippen molar-refractivity contribution >= 4 is 53.9 Å². The van der Waals surface area contributed by atoms with Gasteiger partial charge in [0.2, 0.25) is 0 Å². The largest absolute Gasteiger partial charge is 0.228 e. The number of nitrogens with zero attached hydrogens (tertiary/aromatic N) is 2. The normalized spacial score (nSPS) is 11.5. The Morgan fingerprint density at radius 1 is 0.206 bits per heavy atom. The van der Waals surface area contributed by atoms with E-state index in [1.807, 2.05) is 12.1 Å². The smallest absolute Gasteiger partial charge is 0.160 e. The molecule has 1 heterocycles. The third kappa shape index (κ3) is 6.90. The molecule has 1 aromatic heterocycles. The van der Waals surface area contributed by atoms with E-state index in [1.54, 1.807) is 0 Å². The van der Waals surface area contributed by atoms with Gasteiger partial charge in [-0.2, -0.15) is 0 Å². The van der Waals surface area contributed by atoms with Crippen molar-refractivity contribution in [2.24, 2.45) is 0 Å². The highest BCUT2D eigenvalue weighted by Gasteiger charge is 2.19. The van der Waals surface area contributed by atoms with Crippen LogP contribution in [0.1, 0.15) is 0 Å². The van der Waals surface area contributed by atoms with Gasteiger partial charge in [-0.05, 0) is 123 Å². The first kappa shape index (κ1) is 39.4. The molecule has 0 amide bonds. The third-order valence-corrected chi connectivity index (χ3v) is 13.7. The number of rotatable bonds is 7. The minimum absolute atomic E-state index is 0.699. The summed E-state index contributed by atoms with van der Waals surface area (Å²) in [5.74, 6) is 0.699. The van der Waals surface area contributed by atoms with Crippen LogP contribution in [0.2, 0.25) is 0 Å². The maximum atomic E-state index is 5.11. The zero-order valence-corrected chi connectivity index (χ0v) is 37.1. The van der Waals surface area contributed by atoms with Gasteiger partial charge < -0.3 is 0 Å². The lowest BCUT2D eigenvalue weighted by atomic mass is 9.84. The average molecular weight is 863 g/mol. The van der Waals surface area contributed by atoms with Crippen LogP contribution in [-0.2, 0) is 0 Å². The van der Waals surface area contributed by atoms with Crippen LogP contribution in [0.15, 0.2) is 255 Å². The van der Waals surface area contributed by atoms with Gasteiger partial charge >= 0.3 is 0 Å². The topological polar surface area (TPSA) is 25.8 Å². The minimum atomic E-state index is 0.699. The molecular formula is C66H42N2. The van der Waals surface area contributed by atoms with E-state index >= 15 is 0 Å². The Balaban J connectivity index is 0.939. The molecule has 2 heteroatoms. The molecule has 2 nitrogen and oxygen atoms in total. The van der Waals surface area contributed by atoms with Crippen LogP contribution in [0.3, 0.4) is 0 Å². The van der Waals surface area contributed by atoms with Crippen LogP contribution >= 0.6 is 0 Å². The van der Waals surface area contributed by atoms with Crippen molar-refractivity contribution < 1.29 is 0 Å². The Morgan fingerprint density at radius 2 is 0.676 bits per heavy atom. The van der Waals surface area contributed by atoms with E-state index < -0.39 is 0 Å². The summed E-state index contributed by atoms with van der Waals surface area (Å²) in [6, 6.07) is 92.1. The van der Waals surface area contributed by atoms with Gasteiger partial charge in [-0.25, -0.2) is 9.97 Å². The first-order valence-electron chi connectivity index (χ1n) is 23.3. The Hall–Kier alpha value is -8.98. The fourth-order valence-corrected chi connectivity index (χ4v) is 10.3. The average Bonchev–Trinajstić information content (AvgIpc) is 3.42. The van der Waals surface area contributed by atoms with Crippen LogP contribution < -0.4 is 0 Å². The quantitative estimate of drug-likeness (QED) is 0.118. The zero-order chi connectivity index (χ0) is 45.0. The lowest BCUT2D eigenvalue weighted by Crippen LogP contribution is -1.96. The van der Waals surface area contributed by atoms with Crippen molar-refractivity contribution in [3.05, 3.63) is 255 Å². The lowest BCUT2D eigenvalue weighted by Gasteiger charge is -2.19. The molecule has 12 aromatic carbocycles. The summed E-state index contributed by atoms with van der Waals surface area (Å²) >= 11 is 0. The molecule has 13 rings (SSSR count). The SMILES string of the molecule is c1ccc(-c2cc(-c3ccccc3)nc(-c3ccc(-c4ccc5c(-c6ccccc6)c6ccccc6c(-c6ccc(-c7cccc8c7ccc7cc9ccccc9cc78)cc6)c5c4)cc3)n2)cc1. The van der Waals surface area contributed by atoms with Gasteiger partial charge in [-0.1, -0.05) is 231 Å². The second-order valence-electron chi connectivity index (χ2n) is 17.7. The predicted molar refractivity (Wildman–Crippen MR) is 288 cm³/mol. The van der Waals surface area contributed by atoms with Gasteiger partial charge in [0.15, 0.2) is 5.82 Å². The first-order valence-corrected chi connectivity index (χ1v) is 23.3. The molecule has 0 atom stereocenters. The van der Waals surface area contributed by atoms with Crippen LogP contribution in [0, 0.1) is 0 Å². The third-order valence-electron chi connectivity index (χ3n) is 13.7. The molecule has 0 unspecified atom stereocenters. The maximum Gasteiger partial charge on any atom is 0.160 e. The fraction of sp³-hybridized carbons (Fsp3) is 0. The summed E-state index contributed by atoms with van der Waals surface area (Å²) < 4.78 is 0. The van der Waals surface area contributed by atoms with E-state index in [4.69, 9.17) is 9.97 Å². The Bertz CT molecular complexity index is 3970. The summed E-state index contributed by atoms with van der Waals surface area (Å²) in [6.07, 6.45) is 0. The molecule has 0 spiro atoms. The van der Waals surface area contributed by atoms with Crippen molar-refractivity contribution in [2.45, 2.75) is 0 Å². The first-order chi connectivity index (χ1) is 33.7. The van der Waals surface area contributed by atoms with E-state index in [0.717, 1.165) is 39.2 Å². The highest BCUT2D eigenvalue weighted by atomic mass is 14.9. The number of aromatic nitrogens is 2. The van der Waals surface area contributed by atoms with Gasteiger partial charge in [0.05, 0.1) is 11.4 Å². The van der Waals surface area contributed by atoms with Crippen LogP contribution in [0.4, 0.5) is 0 Å². The minimum Gasteiger partial charge on any atom is -0.228 e. The van der Waals surface area contributed by atoms with Gasteiger partial charge in [-0.3, -0.25) is 0 Å². The lowest BCUT2D eigenvalue weighted by molar-refractivity contribution is 1.18. The monoisotopic (exact) mass is 862 g/mol. The van der Waals surface area contributed by atoms with Gasteiger partial charge in [-0.15, -0.1) is 0 Å². The van der Waals surface area contributed by atoms with Crippen molar-refractivity contribution in [3.63, 3.8) is 0 Å². The summed E-state index contributed by atoms with van der Waals surface area (Å²) in [4.78, 5) is 10.2. The summed E-state index contributed by atoms with van der Waals surface area (Å²) in [6.45, 7) is 0. The molecular weight excluding hydrogens is 821 g/mol. The Labute approximate surface area is 395 Å². The Morgan fingerprint density at radius 3 is 1.34 bits per heavy atom. The molecule has 316 valence electrons. The van der Waals surface area contributed by atoms with Gasteiger partial charge in [0.1, 0.15) is 0 Å². The maximum absolute atomic E-state index is 5.11. The van der Waals surface area contributed by atoms with Crippen LogP contribution in [0.5, 0.6) is 0 Å². The molecule has 0 aliphatic heterocycles. The van der Waals surface area contributed by atoms with Gasteiger partial charge in [0.25, 0.3) is 0 Å². The molecule has 0 bridgehead atoms. The number of hydrogen-bond acceptors (Lipinski definition) is 2. The number of hydrogen-bond donors (Lipinski definition) is 0. The number of fused-ring (bicyclic) bond motifs is 6. The molecule has 0 aliphatic rings. The van der Waals surface area contributed by atoms with Crippen molar-refractivity contribution in [2.75, 3.05) is 0 Å². The van der Waals surface area contributed by atoms with E-state index in [0.29, 0.717) is 5.82 Å². The fourth-order valence-electron chi connectivity index (χ4n) is 10.3. The molecule has 0 saturated heterocycles. The highest BCUT2D eigenvalue weighted by molar-refractivity contribution is 6.22. The predicted octanol–water partition coefficient (Wildman–Crippen LogP) is 17.9. The molecule has 13 aromatic rings. The number of benzene rings is 12. The Kier molecular flexibility index (Phi) is 9.54. The molecule has 0 fully saturated rings. The standard InChI is InChI=1S/C66H42N2/c1-4-15-45(16-5-1)62-42-63(46-17-6-2-7-18-46)68-66(67-62)49-33-27-43(28-34-49)52-35-38-59-61(41-52)65(58-24-13-12-23-57(58)64(59)47-19-8-3-9-20-47)48-31-29-44(30-32-48)54-25-14-26-55-56(54)37-36-53-39-50-21-10-11-22-51(50)40-60(53)55/h1-42H. The van der Waals surface area contributed by atoms with E-state index in [1.165, 1.54) is 87.2 Å². The summed E-state index contributed by atoms with van der Waals surface area (Å²) in [5, 5.41) is 12.5.